The fourth-order valence-corrected chi connectivity index (χ4v) is 5.15. The molecule has 0 aromatic heterocycles. The number of esters is 1. The van der Waals surface area contributed by atoms with Gasteiger partial charge in [-0.05, 0) is 48.4 Å². The van der Waals surface area contributed by atoms with E-state index in [4.69, 9.17) is 25.8 Å². The van der Waals surface area contributed by atoms with Gasteiger partial charge in [0.1, 0.15) is 6.61 Å². The Balaban J connectivity index is 1.42. The summed E-state index contributed by atoms with van der Waals surface area (Å²) in [6, 6.07) is 9.79. The van der Waals surface area contributed by atoms with Crippen molar-refractivity contribution in [3.8, 4) is 11.5 Å². The van der Waals surface area contributed by atoms with Crippen molar-refractivity contribution < 1.29 is 27.4 Å². The molecule has 29 heavy (non-hydrogen) atoms. The molecule has 0 saturated carbocycles. The van der Waals surface area contributed by atoms with Crippen LogP contribution in [0.3, 0.4) is 0 Å². The Bertz CT molecular complexity index is 1020. The van der Waals surface area contributed by atoms with E-state index in [1.807, 2.05) is 0 Å². The summed E-state index contributed by atoms with van der Waals surface area (Å²) in [5, 5.41) is 0.409. The van der Waals surface area contributed by atoms with Crippen molar-refractivity contribution in [3.63, 3.8) is 0 Å². The SMILES string of the molecule is O=C(OCc1cc(Cl)c2c(c1)OCCCO2)c1ccc(N2CCCS2(=O)=O)cc1. The molecule has 2 heterocycles. The van der Waals surface area contributed by atoms with Crippen LogP contribution < -0.4 is 13.8 Å². The number of halogens is 1. The molecule has 2 aliphatic heterocycles. The van der Waals surface area contributed by atoms with Gasteiger partial charge in [0.25, 0.3) is 0 Å². The fourth-order valence-electron chi connectivity index (χ4n) is 3.29. The molecule has 1 fully saturated rings. The number of hydrogen-bond acceptors (Lipinski definition) is 6. The standard InChI is InChI=1S/C20H20ClNO6S/c21-17-11-14(12-18-19(17)27-9-2-8-26-18)13-28-20(23)15-3-5-16(6-4-15)22-7-1-10-29(22,24)25/h3-6,11-12H,1-2,7-10,13H2. The minimum absolute atomic E-state index is 0.0252. The lowest BCUT2D eigenvalue weighted by Gasteiger charge is -2.17. The number of anilines is 1. The molecule has 2 aromatic carbocycles. The Morgan fingerprint density at radius 2 is 1.86 bits per heavy atom. The molecule has 0 radical (unpaired) electrons. The number of sulfonamides is 1. The second-order valence-electron chi connectivity index (χ2n) is 6.82. The second-order valence-corrected chi connectivity index (χ2v) is 9.24. The zero-order valence-corrected chi connectivity index (χ0v) is 17.2. The quantitative estimate of drug-likeness (QED) is 0.682. The first kappa shape index (κ1) is 19.8. The van der Waals surface area contributed by atoms with Crippen LogP contribution in [0, 0.1) is 0 Å². The summed E-state index contributed by atoms with van der Waals surface area (Å²) >= 11 is 6.26. The first-order valence-electron chi connectivity index (χ1n) is 9.30. The maximum atomic E-state index is 12.4. The van der Waals surface area contributed by atoms with Crippen LogP contribution >= 0.6 is 11.6 Å². The van der Waals surface area contributed by atoms with Gasteiger partial charge >= 0.3 is 5.97 Å². The molecule has 7 nitrogen and oxygen atoms in total. The average molecular weight is 438 g/mol. The average Bonchev–Trinajstić information content (AvgIpc) is 2.90. The summed E-state index contributed by atoms with van der Waals surface area (Å²) in [6.45, 7) is 1.55. The predicted octanol–water partition coefficient (Wildman–Crippen LogP) is 3.40. The maximum Gasteiger partial charge on any atom is 0.338 e. The van der Waals surface area contributed by atoms with Crippen LogP contribution in [-0.2, 0) is 21.4 Å². The van der Waals surface area contributed by atoms with E-state index in [9.17, 15) is 13.2 Å². The molecule has 9 heteroatoms. The first-order chi connectivity index (χ1) is 13.9. The second kappa shape index (κ2) is 8.12. The highest BCUT2D eigenvalue weighted by molar-refractivity contribution is 7.93. The van der Waals surface area contributed by atoms with E-state index >= 15 is 0 Å². The Kier molecular flexibility index (Phi) is 5.56. The minimum Gasteiger partial charge on any atom is -0.489 e. The molecule has 2 aromatic rings. The van der Waals surface area contributed by atoms with Crippen LogP contribution in [0.2, 0.25) is 5.02 Å². The van der Waals surface area contributed by atoms with Crippen molar-refractivity contribution in [3.05, 3.63) is 52.5 Å². The van der Waals surface area contributed by atoms with Gasteiger partial charge in [0.05, 0.1) is 35.2 Å². The van der Waals surface area contributed by atoms with Crippen molar-refractivity contribution in [2.75, 3.05) is 29.8 Å². The number of carbonyl (C=O) groups is 1. The Morgan fingerprint density at radius 3 is 2.59 bits per heavy atom. The lowest BCUT2D eigenvalue weighted by molar-refractivity contribution is 0.0472. The third-order valence-corrected chi connectivity index (χ3v) is 6.87. The highest BCUT2D eigenvalue weighted by Crippen LogP contribution is 2.38. The Labute approximate surface area is 174 Å². The van der Waals surface area contributed by atoms with Gasteiger partial charge in [0.2, 0.25) is 10.0 Å². The molecule has 0 bridgehead atoms. The lowest BCUT2D eigenvalue weighted by atomic mass is 10.2. The van der Waals surface area contributed by atoms with E-state index < -0.39 is 16.0 Å². The van der Waals surface area contributed by atoms with Crippen LogP contribution in [0.15, 0.2) is 36.4 Å². The summed E-state index contributed by atoms with van der Waals surface area (Å²) < 4.78 is 41.9. The lowest BCUT2D eigenvalue weighted by Crippen LogP contribution is -2.25. The maximum absolute atomic E-state index is 12.4. The summed E-state index contributed by atoms with van der Waals surface area (Å²) in [7, 11) is -3.25. The molecule has 1 saturated heterocycles. The van der Waals surface area contributed by atoms with Gasteiger partial charge in [-0.3, -0.25) is 4.31 Å². The van der Waals surface area contributed by atoms with Gasteiger partial charge in [-0.25, -0.2) is 13.2 Å². The first-order valence-corrected chi connectivity index (χ1v) is 11.3. The number of hydrogen-bond donors (Lipinski definition) is 0. The molecular formula is C20H20ClNO6S. The number of benzene rings is 2. The minimum atomic E-state index is -3.25. The van der Waals surface area contributed by atoms with E-state index in [0.717, 1.165) is 6.42 Å². The van der Waals surface area contributed by atoms with Crippen molar-refractivity contribution in [2.24, 2.45) is 0 Å². The van der Waals surface area contributed by atoms with Crippen molar-refractivity contribution in [2.45, 2.75) is 19.4 Å². The number of rotatable bonds is 4. The number of nitrogens with zero attached hydrogens (tertiary/aromatic N) is 1. The molecular weight excluding hydrogens is 418 g/mol. The highest BCUT2D eigenvalue weighted by Gasteiger charge is 2.28. The normalized spacial score (nSPS) is 17.6. The van der Waals surface area contributed by atoms with E-state index in [-0.39, 0.29) is 12.4 Å². The van der Waals surface area contributed by atoms with Gasteiger partial charge in [0.15, 0.2) is 11.5 Å². The van der Waals surface area contributed by atoms with E-state index in [2.05, 4.69) is 0 Å². The zero-order valence-electron chi connectivity index (χ0n) is 15.6. The van der Waals surface area contributed by atoms with Gasteiger partial charge < -0.3 is 14.2 Å². The van der Waals surface area contributed by atoms with Gasteiger partial charge in [0, 0.05) is 13.0 Å². The van der Waals surface area contributed by atoms with E-state index in [0.29, 0.717) is 59.5 Å². The predicted molar refractivity (Wildman–Crippen MR) is 108 cm³/mol. The number of carbonyl (C=O) groups excluding carboxylic acids is 1. The molecule has 0 N–H and O–H groups in total. The smallest absolute Gasteiger partial charge is 0.338 e. The van der Waals surface area contributed by atoms with Crippen LogP contribution in [0.1, 0.15) is 28.8 Å². The van der Waals surface area contributed by atoms with Crippen LogP contribution in [-0.4, -0.2) is 39.9 Å². The number of fused-ring (bicyclic) bond motifs is 1. The molecule has 154 valence electrons. The largest absolute Gasteiger partial charge is 0.489 e. The Hall–Kier alpha value is -2.45. The van der Waals surface area contributed by atoms with Crippen LogP contribution in [0.25, 0.3) is 0 Å². The fraction of sp³-hybridized carbons (Fsp3) is 0.350. The monoisotopic (exact) mass is 437 g/mol. The van der Waals surface area contributed by atoms with E-state index in [1.54, 1.807) is 36.4 Å². The summed E-state index contributed by atoms with van der Waals surface area (Å²) in [4.78, 5) is 12.4. The highest BCUT2D eigenvalue weighted by atomic mass is 35.5. The van der Waals surface area contributed by atoms with Gasteiger partial charge in [-0.15, -0.1) is 0 Å². The number of ether oxygens (including phenoxy) is 3. The topological polar surface area (TPSA) is 82.1 Å². The summed E-state index contributed by atoms with van der Waals surface area (Å²) in [5.41, 5.74) is 1.58. The molecule has 4 rings (SSSR count). The third-order valence-electron chi connectivity index (χ3n) is 4.72. The summed E-state index contributed by atoms with van der Waals surface area (Å²) in [5.74, 6) is 0.683. The van der Waals surface area contributed by atoms with Gasteiger partial charge in [-0.1, -0.05) is 11.6 Å². The molecule has 0 unspecified atom stereocenters. The molecule has 0 amide bonds. The van der Waals surface area contributed by atoms with E-state index in [1.165, 1.54) is 4.31 Å². The zero-order chi connectivity index (χ0) is 20.4. The van der Waals surface area contributed by atoms with Gasteiger partial charge in [-0.2, -0.15) is 0 Å². The summed E-state index contributed by atoms with van der Waals surface area (Å²) in [6.07, 6.45) is 1.37. The van der Waals surface area contributed by atoms with Crippen LogP contribution in [0.4, 0.5) is 5.69 Å². The molecule has 0 spiro atoms. The molecule has 2 aliphatic rings. The van der Waals surface area contributed by atoms with Crippen molar-refractivity contribution in [1.29, 1.82) is 0 Å². The molecule has 0 atom stereocenters. The molecule has 0 aliphatic carbocycles. The third kappa shape index (κ3) is 4.28. The Morgan fingerprint density at radius 1 is 1.10 bits per heavy atom. The van der Waals surface area contributed by atoms with Crippen LogP contribution in [0.5, 0.6) is 11.5 Å². The van der Waals surface area contributed by atoms with Crippen molar-refractivity contribution in [1.82, 2.24) is 0 Å². The van der Waals surface area contributed by atoms with Crippen molar-refractivity contribution >= 4 is 33.3 Å².